The highest BCUT2D eigenvalue weighted by molar-refractivity contribution is 5.71. The predicted octanol–water partition coefficient (Wildman–Crippen LogP) is 3.36. The molecule has 1 N–H and O–H groups in total. The lowest BCUT2D eigenvalue weighted by Crippen LogP contribution is -2.65. The van der Waals surface area contributed by atoms with E-state index in [0.717, 1.165) is 30.9 Å². The Hall–Kier alpha value is -2.74. The molecule has 1 aromatic rings. The Morgan fingerprint density at radius 3 is 2.80 bits per heavy atom. The van der Waals surface area contributed by atoms with Gasteiger partial charge in [-0.15, -0.1) is 0 Å². The third-order valence-electron chi connectivity index (χ3n) is 7.83. The van der Waals surface area contributed by atoms with Crippen molar-refractivity contribution in [3.63, 3.8) is 0 Å². The topological polar surface area (TPSA) is 86.3 Å². The van der Waals surface area contributed by atoms with Gasteiger partial charge in [0.1, 0.15) is 11.7 Å². The third-order valence-corrected chi connectivity index (χ3v) is 7.83. The molecule has 1 amide bonds. The lowest BCUT2D eigenvalue weighted by molar-refractivity contribution is -0.155. The molecule has 2 aliphatic heterocycles. The van der Waals surface area contributed by atoms with Gasteiger partial charge in [0.05, 0.1) is 7.11 Å². The molecule has 1 saturated heterocycles. The number of ether oxygens (including phenoxy) is 4. The van der Waals surface area contributed by atoms with Crippen LogP contribution in [0.25, 0.3) is 0 Å². The van der Waals surface area contributed by atoms with Gasteiger partial charge >= 0.3 is 12.1 Å². The van der Waals surface area contributed by atoms with Crippen LogP contribution in [0, 0.1) is 5.92 Å². The molecule has 1 spiro atoms. The number of nitrogens with zero attached hydrogens (tertiary/aromatic N) is 1. The van der Waals surface area contributed by atoms with Gasteiger partial charge < -0.3 is 29.2 Å². The number of likely N-dealkylation sites (tertiary alicyclic amines) is 1. The minimum Gasteiger partial charge on any atom is -0.493 e. The van der Waals surface area contributed by atoms with Crippen molar-refractivity contribution in [1.29, 1.82) is 0 Å². The summed E-state index contributed by atoms with van der Waals surface area (Å²) in [4.78, 5) is 27.0. The second-order valence-electron chi connectivity index (χ2n) is 11.1. The summed E-state index contributed by atoms with van der Waals surface area (Å²) in [6, 6.07) is 4.56. The average Bonchev–Trinajstić information content (AvgIpc) is 3.14. The number of rotatable bonds is 6. The number of carbonyl (C=O) groups excluding carboxylic acids is 2. The molecule has 8 heteroatoms. The lowest BCUT2D eigenvalue weighted by Gasteiger charge is -2.56. The number of carbonyl (C=O) groups is 2. The normalized spacial score (nSPS) is 30.2. The Kier molecular flexibility index (Phi) is 5.98. The van der Waals surface area contributed by atoms with Gasteiger partial charge in [0.2, 0.25) is 0 Å². The van der Waals surface area contributed by atoms with Crippen molar-refractivity contribution in [2.75, 3.05) is 27.2 Å². The van der Waals surface area contributed by atoms with Gasteiger partial charge in [-0.25, -0.2) is 4.79 Å². The third kappa shape index (κ3) is 4.05. The fourth-order valence-corrected chi connectivity index (χ4v) is 6.42. The van der Waals surface area contributed by atoms with Crippen LogP contribution in [-0.4, -0.2) is 68.1 Å². The molecule has 1 aromatic carbocycles. The van der Waals surface area contributed by atoms with Crippen LogP contribution in [0.3, 0.4) is 0 Å². The van der Waals surface area contributed by atoms with E-state index in [1.807, 2.05) is 32.9 Å². The second kappa shape index (κ2) is 8.73. The van der Waals surface area contributed by atoms with Crippen LogP contribution in [0.4, 0.5) is 4.79 Å². The molecule has 0 saturated carbocycles. The monoisotopic (exact) mass is 484 g/mol. The first-order valence-corrected chi connectivity index (χ1v) is 12.6. The molecule has 190 valence electrons. The van der Waals surface area contributed by atoms with Gasteiger partial charge in [-0.1, -0.05) is 12.1 Å². The van der Waals surface area contributed by atoms with Crippen LogP contribution in [0.2, 0.25) is 0 Å². The Balaban J connectivity index is 1.29. The number of likely N-dealkylation sites (N-methyl/N-ethyl adjacent to an activating group) is 1. The highest BCUT2D eigenvalue weighted by Crippen LogP contribution is 2.62. The van der Waals surface area contributed by atoms with Gasteiger partial charge in [-0.2, -0.15) is 0 Å². The Bertz CT molecular complexity index is 1050. The number of esters is 1. The molecule has 35 heavy (non-hydrogen) atoms. The molecular formula is C27H36N2O6. The lowest BCUT2D eigenvalue weighted by atomic mass is 9.53. The summed E-state index contributed by atoms with van der Waals surface area (Å²) in [5.41, 5.74) is 1.79. The standard InChI is InChI=1S/C27H36N2O6/c1-26(2,3)35-25(31)28-13-6-7-21(30)33-20-11-9-17-18-15-16-8-10-19(32-5)23-22(16)27(17,24(20)34-23)12-14-29(18)4/h8-11,17-18,20,24H,6-7,12-15H2,1-5H3,(H,28,31)/t17-,18?,20-,24-,27-/m0/s1. The van der Waals surface area contributed by atoms with Crippen molar-refractivity contribution in [1.82, 2.24) is 10.2 Å². The molecule has 5 rings (SSSR count). The summed E-state index contributed by atoms with van der Waals surface area (Å²) < 4.78 is 23.5. The summed E-state index contributed by atoms with van der Waals surface area (Å²) in [7, 11) is 3.86. The number of piperidine rings is 1. The molecule has 4 aliphatic rings. The van der Waals surface area contributed by atoms with Crippen LogP contribution >= 0.6 is 0 Å². The zero-order valence-electron chi connectivity index (χ0n) is 21.3. The van der Waals surface area contributed by atoms with E-state index in [-0.39, 0.29) is 23.9 Å². The van der Waals surface area contributed by atoms with Gasteiger partial charge in [0, 0.05) is 35.9 Å². The second-order valence-corrected chi connectivity index (χ2v) is 11.1. The van der Waals surface area contributed by atoms with Crippen molar-refractivity contribution in [2.24, 2.45) is 5.92 Å². The fraction of sp³-hybridized carbons (Fsp3) is 0.630. The summed E-state index contributed by atoms with van der Waals surface area (Å²) >= 11 is 0. The predicted molar refractivity (Wildman–Crippen MR) is 130 cm³/mol. The Morgan fingerprint density at radius 2 is 2.06 bits per heavy atom. The molecule has 1 fully saturated rings. The smallest absolute Gasteiger partial charge is 0.407 e. The van der Waals surface area contributed by atoms with E-state index in [1.165, 1.54) is 11.1 Å². The van der Waals surface area contributed by atoms with E-state index >= 15 is 0 Å². The van der Waals surface area contributed by atoms with Gasteiger partial charge in [-0.3, -0.25) is 4.79 Å². The van der Waals surface area contributed by atoms with E-state index in [2.05, 4.69) is 29.4 Å². The van der Waals surface area contributed by atoms with Crippen molar-refractivity contribution in [3.05, 3.63) is 35.4 Å². The number of hydrogen-bond donors (Lipinski definition) is 1. The zero-order chi connectivity index (χ0) is 25.0. The fourth-order valence-electron chi connectivity index (χ4n) is 6.42. The molecule has 2 aliphatic carbocycles. The van der Waals surface area contributed by atoms with Crippen LogP contribution in [-0.2, 0) is 26.1 Å². The first-order chi connectivity index (χ1) is 16.6. The number of alkyl carbamates (subject to hydrolysis) is 1. The quantitative estimate of drug-likeness (QED) is 0.376. The number of methoxy groups -OCH3 is 1. The highest BCUT2D eigenvalue weighted by Gasteiger charge is 2.65. The number of nitrogens with one attached hydrogen (secondary N) is 1. The molecule has 0 radical (unpaired) electrons. The summed E-state index contributed by atoms with van der Waals surface area (Å²) in [6.07, 6.45) is 5.63. The molecule has 5 atom stereocenters. The molecular weight excluding hydrogens is 448 g/mol. The van der Waals surface area contributed by atoms with Gasteiger partial charge in [0.25, 0.3) is 0 Å². The Morgan fingerprint density at radius 1 is 1.26 bits per heavy atom. The van der Waals surface area contributed by atoms with Gasteiger partial charge in [0.15, 0.2) is 17.6 Å². The minimum absolute atomic E-state index is 0.205. The highest BCUT2D eigenvalue weighted by atomic mass is 16.6. The van der Waals surface area contributed by atoms with Crippen LogP contribution < -0.4 is 14.8 Å². The summed E-state index contributed by atoms with van der Waals surface area (Å²) in [5, 5.41) is 2.68. The van der Waals surface area contributed by atoms with E-state index in [4.69, 9.17) is 18.9 Å². The van der Waals surface area contributed by atoms with Crippen LogP contribution in [0.5, 0.6) is 11.5 Å². The van der Waals surface area contributed by atoms with E-state index in [9.17, 15) is 9.59 Å². The van der Waals surface area contributed by atoms with Crippen molar-refractivity contribution in [3.8, 4) is 11.5 Å². The van der Waals surface area contributed by atoms with E-state index in [0.29, 0.717) is 24.9 Å². The van der Waals surface area contributed by atoms with Crippen LogP contribution in [0.15, 0.2) is 24.3 Å². The van der Waals surface area contributed by atoms with Crippen molar-refractivity contribution in [2.45, 2.75) is 75.7 Å². The Labute approximate surface area is 206 Å². The first kappa shape index (κ1) is 24.0. The molecule has 2 bridgehead atoms. The summed E-state index contributed by atoms with van der Waals surface area (Å²) in [5.74, 6) is 1.56. The molecule has 8 nitrogen and oxygen atoms in total. The van der Waals surface area contributed by atoms with E-state index in [1.54, 1.807) is 7.11 Å². The maximum atomic E-state index is 12.8. The van der Waals surface area contributed by atoms with E-state index < -0.39 is 17.8 Å². The van der Waals surface area contributed by atoms with Gasteiger partial charge in [-0.05, 0) is 71.3 Å². The minimum atomic E-state index is -0.554. The molecule has 2 heterocycles. The number of benzene rings is 1. The average molecular weight is 485 g/mol. The maximum Gasteiger partial charge on any atom is 0.407 e. The van der Waals surface area contributed by atoms with Crippen LogP contribution in [0.1, 0.15) is 51.2 Å². The van der Waals surface area contributed by atoms with Crippen molar-refractivity contribution < 1.29 is 28.5 Å². The SMILES string of the molecule is COc1ccc2c3c1O[C@H]1[C@@H](OC(=O)CCCNC(=O)OC(C)(C)C)C=C[C@H]4C(C2)N(C)CC[C@@]341. The number of amides is 1. The summed E-state index contributed by atoms with van der Waals surface area (Å²) in [6.45, 7) is 6.75. The van der Waals surface area contributed by atoms with Crippen molar-refractivity contribution >= 4 is 12.1 Å². The molecule has 0 aromatic heterocycles. The first-order valence-electron chi connectivity index (χ1n) is 12.6. The number of hydrogen-bond acceptors (Lipinski definition) is 7. The largest absolute Gasteiger partial charge is 0.493 e. The maximum absolute atomic E-state index is 12.8. The molecule has 1 unspecified atom stereocenters. The zero-order valence-corrected chi connectivity index (χ0v) is 21.3.